The number of Topliss-reactive ketones (excluding diaryl/α,β-unsaturated/α-hetero) is 1. The van der Waals surface area contributed by atoms with Gasteiger partial charge in [-0.05, 0) is 37.1 Å². The fourth-order valence-corrected chi connectivity index (χ4v) is 3.87. The van der Waals surface area contributed by atoms with Crippen LogP contribution in [-0.4, -0.2) is 55.9 Å². The fraction of sp³-hybridized carbons (Fsp3) is 0.481. The van der Waals surface area contributed by atoms with Crippen molar-refractivity contribution in [2.75, 3.05) is 26.9 Å². The molecule has 1 fully saturated rings. The minimum absolute atomic E-state index is 0.0688. The van der Waals surface area contributed by atoms with E-state index in [-0.39, 0.29) is 25.2 Å². The zero-order valence-electron chi connectivity index (χ0n) is 20.6. The summed E-state index contributed by atoms with van der Waals surface area (Å²) in [6, 6.07) is 16.6. The van der Waals surface area contributed by atoms with E-state index in [1.54, 1.807) is 7.11 Å². The lowest BCUT2D eigenvalue weighted by molar-refractivity contribution is -0.257. The summed E-state index contributed by atoms with van der Waals surface area (Å²) in [4.78, 5) is 25.1. The van der Waals surface area contributed by atoms with E-state index in [1.165, 1.54) is 0 Å². The molecule has 2 aromatic rings. The number of carbonyl (C=O) groups is 2. The van der Waals surface area contributed by atoms with Crippen LogP contribution in [0.25, 0.3) is 0 Å². The van der Waals surface area contributed by atoms with E-state index in [9.17, 15) is 14.7 Å². The summed E-state index contributed by atoms with van der Waals surface area (Å²) in [7, 11) is 1.60. The molecule has 1 heterocycles. The molecule has 0 aromatic heterocycles. The standard InChI is InChI=1S/C27H35NO7/c1-27(2)18-34-26(19-12-14-20(32-3)15-13-19)35-24(27)22(29)10-7-11-23(30)25(31)28-16-17-33-21-8-5-4-6-9-21/h4-6,8-9,12-15,23-24,26,30H,7,10-11,16-18H2,1-3H3,(H,28,31)/t23?,24-,26?/m0/s1. The molecule has 190 valence electrons. The lowest BCUT2D eigenvalue weighted by atomic mass is 9.82. The molecule has 2 unspecified atom stereocenters. The number of methoxy groups -OCH3 is 1. The van der Waals surface area contributed by atoms with E-state index >= 15 is 0 Å². The molecule has 35 heavy (non-hydrogen) atoms. The Morgan fingerprint density at radius 2 is 1.83 bits per heavy atom. The highest BCUT2D eigenvalue weighted by molar-refractivity contribution is 5.84. The largest absolute Gasteiger partial charge is 0.497 e. The minimum atomic E-state index is -1.19. The van der Waals surface area contributed by atoms with Crippen molar-refractivity contribution in [3.8, 4) is 11.5 Å². The van der Waals surface area contributed by atoms with Crippen molar-refractivity contribution < 1.29 is 33.6 Å². The number of amides is 1. The molecule has 0 bridgehead atoms. The second kappa shape index (κ2) is 12.7. The molecule has 0 radical (unpaired) electrons. The summed E-state index contributed by atoms with van der Waals surface area (Å²) in [5.74, 6) is 0.897. The second-order valence-corrected chi connectivity index (χ2v) is 9.25. The normalized spacial score (nSPS) is 20.0. The monoisotopic (exact) mass is 485 g/mol. The van der Waals surface area contributed by atoms with Crippen molar-refractivity contribution in [3.63, 3.8) is 0 Å². The van der Waals surface area contributed by atoms with E-state index in [0.29, 0.717) is 25.4 Å². The predicted molar refractivity (Wildman–Crippen MR) is 130 cm³/mol. The molecule has 8 heteroatoms. The molecular weight excluding hydrogens is 450 g/mol. The first-order valence-electron chi connectivity index (χ1n) is 11.9. The average Bonchev–Trinajstić information content (AvgIpc) is 2.87. The van der Waals surface area contributed by atoms with Gasteiger partial charge >= 0.3 is 0 Å². The molecule has 0 aliphatic carbocycles. The van der Waals surface area contributed by atoms with Gasteiger partial charge in [-0.1, -0.05) is 44.2 Å². The van der Waals surface area contributed by atoms with Crippen LogP contribution in [0.1, 0.15) is 45.0 Å². The number of hydrogen-bond donors (Lipinski definition) is 2. The van der Waals surface area contributed by atoms with Gasteiger partial charge in [0.15, 0.2) is 12.1 Å². The first kappa shape index (κ1) is 26.7. The highest BCUT2D eigenvalue weighted by Gasteiger charge is 2.42. The third-order valence-corrected chi connectivity index (χ3v) is 5.87. The van der Waals surface area contributed by atoms with Gasteiger partial charge in [0.2, 0.25) is 5.91 Å². The lowest BCUT2D eigenvalue weighted by Gasteiger charge is -2.41. The number of aliphatic hydroxyl groups is 1. The summed E-state index contributed by atoms with van der Waals surface area (Å²) >= 11 is 0. The van der Waals surface area contributed by atoms with Gasteiger partial charge in [-0.15, -0.1) is 0 Å². The Labute approximate surface area is 206 Å². The number of para-hydroxylation sites is 1. The van der Waals surface area contributed by atoms with Crippen LogP contribution in [0.4, 0.5) is 0 Å². The maximum atomic E-state index is 13.0. The molecule has 2 N–H and O–H groups in total. The van der Waals surface area contributed by atoms with E-state index < -0.39 is 29.8 Å². The lowest BCUT2D eigenvalue weighted by Crippen LogP contribution is -2.47. The highest BCUT2D eigenvalue weighted by Crippen LogP contribution is 2.37. The number of ketones is 1. The topological polar surface area (TPSA) is 103 Å². The molecule has 8 nitrogen and oxygen atoms in total. The van der Waals surface area contributed by atoms with Gasteiger partial charge in [-0.25, -0.2) is 0 Å². The van der Waals surface area contributed by atoms with Gasteiger partial charge in [-0.2, -0.15) is 0 Å². The molecule has 1 amide bonds. The molecule has 1 saturated heterocycles. The van der Waals surface area contributed by atoms with Crippen molar-refractivity contribution in [1.29, 1.82) is 0 Å². The van der Waals surface area contributed by atoms with Crippen LogP contribution in [0.15, 0.2) is 54.6 Å². The van der Waals surface area contributed by atoms with Crippen LogP contribution in [-0.2, 0) is 19.1 Å². The first-order chi connectivity index (χ1) is 16.8. The molecule has 2 aromatic carbocycles. The summed E-state index contributed by atoms with van der Waals surface area (Å²) in [6.07, 6.45) is -1.72. The van der Waals surface area contributed by atoms with Gasteiger partial charge in [0, 0.05) is 17.4 Å². The molecule has 3 rings (SSSR count). The summed E-state index contributed by atoms with van der Waals surface area (Å²) < 4.78 is 22.6. The Morgan fingerprint density at radius 1 is 1.11 bits per heavy atom. The van der Waals surface area contributed by atoms with Gasteiger partial charge in [0.25, 0.3) is 0 Å². The van der Waals surface area contributed by atoms with Crippen LogP contribution < -0.4 is 14.8 Å². The van der Waals surface area contributed by atoms with Crippen LogP contribution in [0.3, 0.4) is 0 Å². The third-order valence-electron chi connectivity index (χ3n) is 5.87. The van der Waals surface area contributed by atoms with E-state index in [4.69, 9.17) is 18.9 Å². The van der Waals surface area contributed by atoms with E-state index in [1.807, 2.05) is 68.4 Å². The quantitative estimate of drug-likeness (QED) is 0.444. The maximum Gasteiger partial charge on any atom is 0.248 e. The minimum Gasteiger partial charge on any atom is -0.497 e. The van der Waals surface area contributed by atoms with Crippen LogP contribution >= 0.6 is 0 Å². The Kier molecular flexibility index (Phi) is 9.65. The van der Waals surface area contributed by atoms with Crippen LogP contribution in [0, 0.1) is 5.41 Å². The van der Waals surface area contributed by atoms with Gasteiger partial charge in [0.05, 0.1) is 20.3 Å². The molecule has 3 atom stereocenters. The Bertz CT molecular complexity index is 946. The Morgan fingerprint density at radius 3 is 2.51 bits per heavy atom. The van der Waals surface area contributed by atoms with E-state index in [2.05, 4.69) is 5.32 Å². The summed E-state index contributed by atoms with van der Waals surface area (Å²) in [5.41, 5.74) is 0.317. The van der Waals surface area contributed by atoms with Crippen molar-refractivity contribution in [1.82, 2.24) is 5.32 Å². The number of rotatable bonds is 12. The van der Waals surface area contributed by atoms with Crippen LogP contribution in [0.2, 0.25) is 0 Å². The molecule has 1 aliphatic heterocycles. The highest BCUT2D eigenvalue weighted by atomic mass is 16.7. The number of hydrogen-bond acceptors (Lipinski definition) is 7. The Hall–Kier alpha value is -2.94. The van der Waals surface area contributed by atoms with Gasteiger partial charge in [-0.3, -0.25) is 9.59 Å². The van der Waals surface area contributed by atoms with Crippen molar-refractivity contribution in [2.24, 2.45) is 5.41 Å². The van der Waals surface area contributed by atoms with Gasteiger partial charge in [0.1, 0.15) is 30.3 Å². The second-order valence-electron chi connectivity index (χ2n) is 9.25. The number of aliphatic hydroxyl groups excluding tert-OH is 1. The fourth-order valence-electron chi connectivity index (χ4n) is 3.87. The third kappa shape index (κ3) is 7.78. The summed E-state index contributed by atoms with van der Waals surface area (Å²) in [5, 5.41) is 12.8. The smallest absolute Gasteiger partial charge is 0.248 e. The zero-order valence-corrected chi connectivity index (χ0v) is 20.6. The van der Waals surface area contributed by atoms with E-state index in [0.717, 1.165) is 11.3 Å². The number of benzene rings is 2. The summed E-state index contributed by atoms with van der Waals surface area (Å²) in [6.45, 7) is 4.81. The SMILES string of the molecule is COc1ccc(C2OCC(C)(C)[C@H](C(=O)CCCC(O)C(=O)NCCOc3ccccc3)O2)cc1. The predicted octanol–water partition coefficient (Wildman–Crippen LogP) is 3.43. The number of ether oxygens (including phenoxy) is 4. The average molecular weight is 486 g/mol. The zero-order chi connectivity index (χ0) is 25.3. The van der Waals surface area contributed by atoms with Crippen molar-refractivity contribution in [3.05, 3.63) is 60.2 Å². The number of carbonyl (C=O) groups excluding carboxylic acids is 2. The van der Waals surface area contributed by atoms with Gasteiger partial charge < -0.3 is 29.4 Å². The van der Waals surface area contributed by atoms with Crippen LogP contribution in [0.5, 0.6) is 11.5 Å². The molecule has 1 aliphatic rings. The van der Waals surface area contributed by atoms with Crippen molar-refractivity contribution in [2.45, 2.75) is 51.6 Å². The van der Waals surface area contributed by atoms with Crippen molar-refractivity contribution >= 4 is 11.7 Å². The molecule has 0 saturated carbocycles. The molecule has 0 spiro atoms. The number of nitrogens with one attached hydrogen (secondary N) is 1. The first-order valence-corrected chi connectivity index (χ1v) is 11.9. The maximum absolute atomic E-state index is 13.0. The Balaban J connectivity index is 1.41. The molecular formula is C27H35NO7.